The molecule has 2 N–H and O–H groups in total. The molecule has 0 radical (unpaired) electrons. The third-order valence-corrected chi connectivity index (χ3v) is 2.35. The third kappa shape index (κ3) is 10.4. The molecule has 18 heavy (non-hydrogen) atoms. The van der Waals surface area contributed by atoms with Crippen molar-refractivity contribution in [1.82, 2.24) is 0 Å². The Labute approximate surface area is 116 Å². The molecule has 0 aliphatic carbocycles. The van der Waals surface area contributed by atoms with E-state index in [1.807, 2.05) is 38.1 Å². The van der Waals surface area contributed by atoms with Gasteiger partial charge in [-0.2, -0.15) is 0 Å². The molecule has 0 heterocycles. The predicted octanol–water partition coefficient (Wildman–Crippen LogP) is 4.20. The van der Waals surface area contributed by atoms with Crippen LogP contribution in [0.2, 0.25) is 0 Å². The Hall–Kier alpha value is -0.730. The van der Waals surface area contributed by atoms with Crippen molar-refractivity contribution in [3.8, 4) is 5.75 Å². The Kier molecular flexibility index (Phi) is 9.80. The highest BCUT2D eigenvalue weighted by Gasteiger charge is 1.96. The first-order valence-electron chi connectivity index (χ1n) is 6.49. The Morgan fingerprint density at radius 1 is 1.11 bits per heavy atom. The van der Waals surface area contributed by atoms with Gasteiger partial charge in [-0.05, 0) is 36.1 Å². The molecule has 104 valence electrons. The van der Waals surface area contributed by atoms with Gasteiger partial charge in [0, 0.05) is 5.88 Å². The molecule has 0 fully saturated rings. The van der Waals surface area contributed by atoms with E-state index in [9.17, 15) is 0 Å². The summed E-state index contributed by atoms with van der Waals surface area (Å²) in [7, 11) is 0. The summed E-state index contributed by atoms with van der Waals surface area (Å²) in [6, 6.07) is 8.27. The monoisotopic (exact) mass is 271 g/mol. The molecule has 1 aromatic rings. The van der Waals surface area contributed by atoms with Gasteiger partial charge >= 0.3 is 0 Å². The number of rotatable bonds is 5. The van der Waals surface area contributed by atoms with Crippen LogP contribution >= 0.6 is 11.6 Å². The van der Waals surface area contributed by atoms with Crippen LogP contribution in [-0.4, -0.2) is 12.6 Å². The van der Waals surface area contributed by atoms with Gasteiger partial charge in [-0.1, -0.05) is 39.8 Å². The number of halogens is 1. The first kappa shape index (κ1) is 17.3. The minimum absolute atomic E-state index is 0.333. The van der Waals surface area contributed by atoms with Crippen molar-refractivity contribution in [2.75, 3.05) is 6.61 Å². The summed E-state index contributed by atoms with van der Waals surface area (Å²) >= 11 is 5.68. The quantitative estimate of drug-likeness (QED) is 0.815. The Morgan fingerprint density at radius 3 is 2.00 bits per heavy atom. The van der Waals surface area contributed by atoms with E-state index < -0.39 is 0 Å². The largest absolute Gasteiger partial charge is 0.494 e. The lowest BCUT2D eigenvalue weighted by Gasteiger charge is -2.08. The summed E-state index contributed by atoms with van der Waals surface area (Å²) < 4.78 is 5.57. The van der Waals surface area contributed by atoms with Crippen molar-refractivity contribution in [3.05, 3.63) is 29.8 Å². The maximum absolute atomic E-state index is 5.68. The van der Waals surface area contributed by atoms with Gasteiger partial charge in [0.15, 0.2) is 0 Å². The SMILES string of the molecule is CC(C)CCOc1ccc(CCl)cc1.CC(C)N. The normalized spacial score (nSPS) is 10.2. The van der Waals surface area contributed by atoms with Crippen molar-refractivity contribution in [3.63, 3.8) is 0 Å². The van der Waals surface area contributed by atoms with Crippen LogP contribution in [0.25, 0.3) is 0 Å². The molecule has 0 aliphatic heterocycles. The van der Waals surface area contributed by atoms with Crippen molar-refractivity contribution in [2.45, 2.75) is 46.0 Å². The zero-order chi connectivity index (χ0) is 14.0. The molecule has 0 bridgehead atoms. The number of benzene rings is 1. The lowest BCUT2D eigenvalue weighted by atomic mass is 10.1. The summed E-state index contributed by atoms with van der Waals surface area (Å²) in [5, 5.41) is 0. The highest BCUT2D eigenvalue weighted by Crippen LogP contribution is 2.14. The van der Waals surface area contributed by atoms with Gasteiger partial charge in [-0.3, -0.25) is 0 Å². The van der Waals surface area contributed by atoms with Crippen molar-refractivity contribution in [1.29, 1.82) is 0 Å². The predicted molar refractivity (Wildman–Crippen MR) is 80.3 cm³/mol. The lowest BCUT2D eigenvalue weighted by Crippen LogP contribution is -2.06. The summed E-state index contributed by atoms with van der Waals surface area (Å²) in [6.45, 7) is 9.07. The van der Waals surface area contributed by atoms with Gasteiger partial charge in [0.1, 0.15) is 5.75 Å². The highest BCUT2D eigenvalue weighted by atomic mass is 35.5. The van der Waals surface area contributed by atoms with Crippen LogP contribution in [0.3, 0.4) is 0 Å². The Balaban J connectivity index is 0.000000631. The number of alkyl halides is 1. The maximum atomic E-state index is 5.68. The van der Waals surface area contributed by atoms with Gasteiger partial charge < -0.3 is 10.5 Å². The maximum Gasteiger partial charge on any atom is 0.119 e. The molecule has 2 nitrogen and oxygen atoms in total. The molecule has 1 rings (SSSR count). The Morgan fingerprint density at radius 2 is 1.61 bits per heavy atom. The molecule has 0 spiro atoms. The van der Waals surface area contributed by atoms with E-state index >= 15 is 0 Å². The van der Waals surface area contributed by atoms with Gasteiger partial charge in [-0.25, -0.2) is 0 Å². The summed E-state index contributed by atoms with van der Waals surface area (Å²) in [4.78, 5) is 0. The summed E-state index contributed by atoms with van der Waals surface area (Å²) in [5.74, 6) is 2.18. The first-order chi connectivity index (χ1) is 8.45. The molecule has 3 heteroatoms. The van der Waals surface area contributed by atoms with E-state index in [0.717, 1.165) is 24.3 Å². The van der Waals surface area contributed by atoms with Crippen LogP contribution in [0, 0.1) is 5.92 Å². The van der Waals surface area contributed by atoms with Gasteiger partial charge in [0.25, 0.3) is 0 Å². The van der Waals surface area contributed by atoms with Crippen LogP contribution in [0.5, 0.6) is 5.75 Å². The Bertz CT molecular complexity index is 293. The van der Waals surface area contributed by atoms with Crippen molar-refractivity contribution >= 4 is 11.6 Å². The highest BCUT2D eigenvalue weighted by molar-refractivity contribution is 6.17. The standard InChI is InChI=1S/C12H17ClO.C3H9N/c1-10(2)7-8-14-12-5-3-11(9-13)4-6-12;1-3(2)4/h3-6,10H,7-9H2,1-2H3;3H,4H2,1-2H3. The molecule has 0 unspecified atom stereocenters. The fourth-order valence-electron chi connectivity index (χ4n) is 1.09. The first-order valence-corrected chi connectivity index (χ1v) is 7.02. The number of nitrogens with two attached hydrogens (primary N) is 1. The molecular formula is C15H26ClNO. The molecule has 0 saturated carbocycles. The fourth-order valence-corrected chi connectivity index (χ4v) is 1.27. The molecule has 0 saturated heterocycles. The van der Waals surface area contributed by atoms with Crippen LogP contribution in [0.1, 0.15) is 39.7 Å². The van der Waals surface area contributed by atoms with Crippen LogP contribution in [0.4, 0.5) is 0 Å². The van der Waals surface area contributed by atoms with E-state index in [0.29, 0.717) is 17.8 Å². The molecule has 0 amide bonds. The molecule has 0 aliphatic rings. The zero-order valence-corrected chi connectivity index (χ0v) is 12.7. The van der Waals surface area contributed by atoms with E-state index in [-0.39, 0.29) is 0 Å². The minimum atomic E-state index is 0.333. The van der Waals surface area contributed by atoms with E-state index in [1.165, 1.54) is 0 Å². The smallest absolute Gasteiger partial charge is 0.119 e. The average molecular weight is 272 g/mol. The van der Waals surface area contributed by atoms with Gasteiger partial charge in [0.2, 0.25) is 0 Å². The topological polar surface area (TPSA) is 35.2 Å². The summed E-state index contributed by atoms with van der Waals surface area (Å²) in [5.41, 5.74) is 6.24. The number of hydrogen-bond donors (Lipinski definition) is 1. The third-order valence-electron chi connectivity index (χ3n) is 2.04. The molecule has 1 aromatic carbocycles. The van der Waals surface area contributed by atoms with E-state index in [4.69, 9.17) is 22.1 Å². The van der Waals surface area contributed by atoms with Crippen LogP contribution in [0.15, 0.2) is 24.3 Å². The second-order valence-corrected chi connectivity index (χ2v) is 5.32. The lowest BCUT2D eigenvalue weighted by molar-refractivity contribution is 0.289. The second kappa shape index (κ2) is 10.2. The van der Waals surface area contributed by atoms with Crippen molar-refractivity contribution in [2.24, 2.45) is 11.7 Å². The zero-order valence-electron chi connectivity index (χ0n) is 11.9. The number of ether oxygens (including phenoxy) is 1. The van der Waals surface area contributed by atoms with Gasteiger partial charge in [0.05, 0.1) is 6.61 Å². The summed E-state index contributed by atoms with van der Waals surface area (Å²) in [6.07, 6.45) is 1.09. The van der Waals surface area contributed by atoms with Gasteiger partial charge in [-0.15, -0.1) is 11.6 Å². The van der Waals surface area contributed by atoms with Crippen LogP contribution < -0.4 is 10.5 Å². The fraction of sp³-hybridized carbons (Fsp3) is 0.600. The van der Waals surface area contributed by atoms with E-state index in [1.54, 1.807) is 0 Å². The van der Waals surface area contributed by atoms with E-state index in [2.05, 4.69) is 13.8 Å². The average Bonchev–Trinajstić information content (AvgIpc) is 2.29. The molecular weight excluding hydrogens is 246 g/mol. The van der Waals surface area contributed by atoms with Crippen molar-refractivity contribution < 1.29 is 4.74 Å². The number of hydrogen-bond acceptors (Lipinski definition) is 2. The molecule has 0 aromatic heterocycles. The second-order valence-electron chi connectivity index (χ2n) is 5.05. The minimum Gasteiger partial charge on any atom is -0.494 e. The molecule has 0 atom stereocenters. The van der Waals surface area contributed by atoms with Crippen LogP contribution in [-0.2, 0) is 5.88 Å².